The fourth-order valence-corrected chi connectivity index (χ4v) is 3.52. The molecule has 1 atom stereocenters. The maximum atomic E-state index is 11.9. The van der Waals surface area contributed by atoms with Gasteiger partial charge in [-0.2, -0.15) is 0 Å². The number of nitrogens with one attached hydrogen (secondary N) is 1. The summed E-state index contributed by atoms with van der Waals surface area (Å²) in [6.07, 6.45) is 2.40. The van der Waals surface area contributed by atoms with E-state index in [1.165, 1.54) is 12.8 Å². The maximum absolute atomic E-state index is 11.9. The van der Waals surface area contributed by atoms with Gasteiger partial charge in [0.15, 0.2) is 6.04 Å². The number of nitrogens with zero attached hydrogens (tertiary/aromatic N) is 3. The van der Waals surface area contributed by atoms with Crippen LogP contribution in [0.25, 0.3) is 10.9 Å². The van der Waals surface area contributed by atoms with Gasteiger partial charge in [0.25, 0.3) is 0 Å². The first-order valence-corrected chi connectivity index (χ1v) is 9.23. The third-order valence-electron chi connectivity index (χ3n) is 4.87. The Morgan fingerprint density at radius 1 is 1.04 bits per heavy atom. The fraction of sp³-hybridized carbons (Fsp3) is 0.286. The zero-order valence-corrected chi connectivity index (χ0v) is 15.0. The van der Waals surface area contributed by atoms with Crippen molar-refractivity contribution in [1.82, 2.24) is 14.9 Å². The summed E-state index contributed by atoms with van der Waals surface area (Å²) in [5.41, 5.74) is 1.51. The number of fused-ring (bicyclic) bond motifs is 1. The van der Waals surface area contributed by atoms with Crippen molar-refractivity contribution in [2.75, 3.05) is 18.4 Å². The van der Waals surface area contributed by atoms with Gasteiger partial charge in [0.2, 0.25) is 0 Å². The maximum Gasteiger partial charge on any atom is 0.330 e. The Morgan fingerprint density at radius 3 is 2.48 bits per heavy atom. The van der Waals surface area contributed by atoms with Crippen LogP contribution in [-0.2, 0) is 11.3 Å². The number of para-hydroxylation sites is 1. The Morgan fingerprint density at radius 2 is 1.74 bits per heavy atom. The number of carboxylic acid groups (broad SMARTS) is 1. The van der Waals surface area contributed by atoms with Crippen LogP contribution in [-0.4, -0.2) is 39.0 Å². The summed E-state index contributed by atoms with van der Waals surface area (Å²) in [4.78, 5) is 23.6. The lowest BCUT2D eigenvalue weighted by Crippen LogP contribution is -2.23. The second-order valence-electron chi connectivity index (χ2n) is 6.82. The van der Waals surface area contributed by atoms with Gasteiger partial charge in [-0.15, -0.1) is 0 Å². The van der Waals surface area contributed by atoms with Gasteiger partial charge in [-0.25, -0.2) is 14.8 Å². The molecule has 2 N–H and O–H groups in total. The van der Waals surface area contributed by atoms with E-state index >= 15 is 0 Å². The number of aromatic nitrogens is 2. The van der Waals surface area contributed by atoms with Crippen LogP contribution in [0.4, 0.5) is 5.82 Å². The Bertz CT molecular complexity index is 939. The number of hydrogen-bond donors (Lipinski definition) is 2. The zero-order valence-electron chi connectivity index (χ0n) is 15.0. The summed E-state index contributed by atoms with van der Waals surface area (Å²) < 4.78 is 0. The summed E-state index contributed by atoms with van der Waals surface area (Å²) in [5, 5.41) is 13.7. The lowest BCUT2D eigenvalue weighted by molar-refractivity contribution is -0.138. The highest BCUT2D eigenvalue weighted by Gasteiger charge is 2.22. The molecule has 1 saturated heterocycles. The molecule has 1 aliphatic rings. The minimum atomic E-state index is -0.940. The van der Waals surface area contributed by atoms with Gasteiger partial charge in [0, 0.05) is 5.39 Å². The number of aliphatic carboxylic acids is 1. The molecule has 0 amide bonds. The van der Waals surface area contributed by atoms with Crippen molar-refractivity contribution >= 4 is 22.7 Å². The van der Waals surface area contributed by atoms with Gasteiger partial charge in [-0.05, 0) is 43.6 Å². The van der Waals surface area contributed by atoms with Gasteiger partial charge in [-0.1, -0.05) is 42.5 Å². The van der Waals surface area contributed by atoms with E-state index in [-0.39, 0.29) is 0 Å². The number of anilines is 1. The van der Waals surface area contributed by atoms with Crippen LogP contribution >= 0.6 is 0 Å². The molecule has 1 aromatic heterocycles. The lowest BCUT2D eigenvalue weighted by Gasteiger charge is -2.19. The van der Waals surface area contributed by atoms with Crippen LogP contribution in [0, 0.1) is 0 Å². The van der Waals surface area contributed by atoms with Gasteiger partial charge in [0.05, 0.1) is 12.1 Å². The van der Waals surface area contributed by atoms with Gasteiger partial charge in [-0.3, -0.25) is 4.90 Å². The van der Waals surface area contributed by atoms with Crippen LogP contribution in [0.5, 0.6) is 0 Å². The average molecular weight is 362 g/mol. The zero-order chi connectivity index (χ0) is 18.6. The number of benzene rings is 2. The molecule has 4 rings (SSSR count). The molecule has 1 fully saturated rings. The Labute approximate surface area is 157 Å². The molecular weight excluding hydrogens is 340 g/mol. The molecule has 0 bridgehead atoms. The highest BCUT2D eigenvalue weighted by molar-refractivity contribution is 5.91. The Hall–Kier alpha value is -2.99. The standard InChI is InChI=1S/C21H22N4O2/c26-21(27)19(15-8-2-1-3-9-15)24-20-16-10-4-5-11-17(16)22-18(23-20)14-25-12-6-7-13-25/h1-5,8-11,19H,6-7,12-14H2,(H,26,27)(H,22,23,24). The van der Waals surface area contributed by atoms with E-state index in [2.05, 4.69) is 20.2 Å². The van der Waals surface area contributed by atoms with Crippen molar-refractivity contribution in [3.63, 3.8) is 0 Å². The average Bonchev–Trinajstić information content (AvgIpc) is 3.19. The van der Waals surface area contributed by atoms with Crippen molar-refractivity contribution < 1.29 is 9.90 Å². The molecular formula is C21H22N4O2. The van der Waals surface area contributed by atoms with Crippen LogP contribution in [0.3, 0.4) is 0 Å². The second-order valence-corrected chi connectivity index (χ2v) is 6.82. The summed E-state index contributed by atoms with van der Waals surface area (Å²) in [6.45, 7) is 2.80. The summed E-state index contributed by atoms with van der Waals surface area (Å²) in [7, 11) is 0. The molecule has 1 unspecified atom stereocenters. The van der Waals surface area contributed by atoms with E-state index in [1.54, 1.807) is 12.1 Å². The first-order valence-electron chi connectivity index (χ1n) is 9.23. The summed E-state index contributed by atoms with van der Waals surface area (Å²) in [6, 6.07) is 16.0. The number of carbonyl (C=O) groups is 1. The van der Waals surface area contributed by atoms with Crippen molar-refractivity contribution in [2.45, 2.75) is 25.4 Å². The van der Waals surface area contributed by atoms with E-state index < -0.39 is 12.0 Å². The first kappa shape index (κ1) is 17.4. The highest BCUT2D eigenvalue weighted by Crippen LogP contribution is 2.26. The molecule has 0 saturated carbocycles. The molecule has 2 aromatic carbocycles. The predicted molar refractivity (Wildman–Crippen MR) is 104 cm³/mol. The SMILES string of the molecule is O=C(O)C(Nc1nc(CN2CCCC2)nc2ccccc12)c1ccccc1. The smallest absolute Gasteiger partial charge is 0.330 e. The van der Waals surface area contributed by atoms with E-state index in [0.29, 0.717) is 17.9 Å². The molecule has 2 heterocycles. The molecule has 0 spiro atoms. The quantitative estimate of drug-likeness (QED) is 0.699. The van der Waals surface area contributed by atoms with Gasteiger partial charge < -0.3 is 10.4 Å². The molecule has 0 aliphatic carbocycles. The van der Waals surface area contributed by atoms with Crippen molar-refractivity contribution in [2.24, 2.45) is 0 Å². The lowest BCUT2D eigenvalue weighted by atomic mass is 10.1. The number of carboxylic acids is 1. The molecule has 6 heteroatoms. The molecule has 1 aliphatic heterocycles. The first-order chi connectivity index (χ1) is 13.2. The summed E-state index contributed by atoms with van der Waals surface area (Å²) in [5.74, 6) is 0.339. The van der Waals surface area contributed by atoms with Crippen molar-refractivity contribution in [3.05, 3.63) is 66.0 Å². The number of hydrogen-bond acceptors (Lipinski definition) is 5. The minimum Gasteiger partial charge on any atom is -0.479 e. The van der Waals surface area contributed by atoms with Crippen molar-refractivity contribution in [1.29, 1.82) is 0 Å². The van der Waals surface area contributed by atoms with Crippen LogP contribution in [0.15, 0.2) is 54.6 Å². The monoisotopic (exact) mass is 362 g/mol. The minimum absolute atomic E-state index is 0.561. The topological polar surface area (TPSA) is 78.3 Å². The summed E-state index contributed by atoms with van der Waals surface area (Å²) >= 11 is 0. The predicted octanol–water partition coefficient (Wildman–Crippen LogP) is 3.46. The Balaban J connectivity index is 1.71. The largest absolute Gasteiger partial charge is 0.479 e. The number of likely N-dealkylation sites (tertiary alicyclic amines) is 1. The fourth-order valence-electron chi connectivity index (χ4n) is 3.52. The normalized spacial score (nSPS) is 15.7. The second kappa shape index (κ2) is 7.72. The van der Waals surface area contributed by atoms with Gasteiger partial charge >= 0.3 is 5.97 Å². The van der Waals surface area contributed by atoms with E-state index in [4.69, 9.17) is 0 Å². The van der Waals surface area contributed by atoms with Crippen LogP contribution in [0.1, 0.15) is 30.3 Å². The van der Waals surface area contributed by atoms with Crippen molar-refractivity contribution in [3.8, 4) is 0 Å². The Kier molecular flexibility index (Phi) is 4.98. The third-order valence-corrected chi connectivity index (χ3v) is 4.87. The van der Waals surface area contributed by atoms with E-state index in [1.807, 2.05) is 42.5 Å². The molecule has 6 nitrogen and oxygen atoms in total. The van der Waals surface area contributed by atoms with E-state index in [9.17, 15) is 9.90 Å². The number of rotatable bonds is 6. The van der Waals surface area contributed by atoms with E-state index in [0.717, 1.165) is 29.8 Å². The molecule has 27 heavy (non-hydrogen) atoms. The molecule has 138 valence electrons. The molecule has 0 radical (unpaired) electrons. The highest BCUT2D eigenvalue weighted by atomic mass is 16.4. The van der Waals surface area contributed by atoms with Crippen LogP contribution in [0.2, 0.25) is 0 Å². The molecule has 3 aromatic rings. The van der Waals surface area contributed by atoms with Crippen LogP contribution < -0.4 is 5.32 Å². The van der Waals surface area contributed by atoms with Gasteiger partial charge in [0.1, 0.15) is 11.6 Å². The third kappa shape index (κ3) is 3.90.